The topological polar surface area (TPSA) is 117 Å². The third-order valence-corrected chi connectivity index (χ3v) is 7.01. The molecule has 8 heteroatoms. The van der Waals surface area contributed by atoms with Gasteiger partial charge >= 0.3 is 17.9 Å². The van der Waals surface area contributed by atoms with E-state index in [0.29, 0.717) is 18.1 Å². The van der Waals surface area contributed by atoms with Crippen molar-refractivity contribution in [2.45, 2.75) is 76.6 Å². The summed E-state index contributed by atoms with van der Waals surface area (Å²) in [5.74, 6) is -2.14. The zero-order chi connectivity index (χ0) is 23.3. The van der Waals surface area contributed by atoms with Crippen molar-refractivity contribution in [2.24, 2.45) is 11.8 Å². The predicted molar refractivity (Wildman–Crippen MR) is 117 cm³/mol. The van der Waals surface area contributed by atoms with Gasteiger partial charge in [0.1, 0.15) is 12.2 Å². The van der Waals surface area contributed by atoms with Crippen LogP contribution in [0.5, 0.6) is 0 Å². The van der Waals surface area contributed by atoms with E-state index >= 15 is 0 Å². The Bertz CT molecular complexity index is 754. The van der Waals surface area contributed by atoms with Gasteiger partial charge in [0, 0.05) is 24.6 Å². The van der Waals surface area contributed by atoms with E-state index < -0.39 is 11.9 Å². The molecule has 1 aliphatic carbocycles. The van der Waals surface area contributed by atoms with E-state index in [2.05, 4.69) is 24.8 Å². The Morgan fingerprint density at radius 3 is 2.47 bits per heavy atom. The van der Waals surface area contributed by atoms with Gasteiger partial charge in [0.25, 0.3) is 0 Å². The molecular weight excluding hydrogens is 414 g/mol. The number of carbonyl (C=O) groups excluding carboxylic acids is 1. The number of nitrogens with zero attached hydrogens (tertiary/aromatic N) is 1. The molecule has 2 N–H and O–H groups in total. The van der Waals surface area contributed by atoms with Gasteiger partial charge in [-0.15, -0.1) is 0 Å². The van der Waals surface area contributed by atoms with Crippen molar-refractivity contribution < 1.29 is 34.1 Å². The lowest BCUT2D eigenvalue weighted by Crippen LogP contribution is -2.39. The Morgan fingerprint density at radius 2 is 1.84 bits per heavy atom. The summed E-state index contributed by atoms with van der Waals surface area (Å²) in [6.07, 6.45) is 11.7. The Balaban J connectivity index is 0.000000312. The van der Waals surface area contributed by atoms with Gasteiger partial charge < -0.3 is 24.6 Å². The fraction of sp³-hybridized carbons (Fsp3) is 0.708. The molecule has 8 nitrogen and oxygen atoms in total. The summed E-state index contributed by atoms with van der Waals surface area (Å²) in [7, 11) is 0. The van der Waals surface area contributed by atoms with Crippen LogP contribution in [-0.2, 0) is 23.9 Å². The normalized spacial score (nSPS) is 34.9. The average molecular weight is 450 g/mol. The van der Waals surface area contributed by atoms with E-state index in [1.54, 1.807) is 0 Å². The van der Waals surface area contributed by atoms with Crippen LogP contribution in [-0.4, -0.2) is 70.5 Å². The molecule has 0 aromatic rings. The van der Waals surface area contributed by atoms with Crippen LogP contribution in [0, 0.1) is 11.8 Å². The number of epoxide rings is 1. The van der Waals surface area contributed by atoms with Gasteiger partial charge in [0.15, 0.2) is 0 Å². The molecule has 0 spiro atoms. The molecular formula is C24H35NO7. The van der Waals surface area contributed by atoms with Crippen molar-refractivity contribution in [3.63, 3.8) is 0 Å². The molecule has 0 saturated carbocycles. The molecule has 0 amide bonds. The molecule has 0 radical (unpaired) electrons. The first-order chi connectivity index (χ1) is 15.2. The highest BCUT2D eigenvalue weighted by Crippen LogP contribution is 2.50. The quantitative estimate of drug-likeness (QED) is 0.291. The number of carbonyl (C=O) groups is 3. The minimum atomic E-state index is -1.26. The van der Waals surface area contributed by atoms with Crippen molar-refractivity contribution in [2.75, 3.05) is 19.6 Å². The fourth-order valence-corrected chi connectivity index (χ4v) is 5.11. The standard InChI is InChI=1S/C20H31NO3.C4H4O4/c1-14-7-6-10-20(2)18(24-20)17-15(9-8-14)16(19(22)23-17)13-21-11-4-3-5-12-21;5-3(6)1-2-4(7)8/h7,15-18H,3-6,8-13H2,1-2H3;1-2H,(H,5,6)(H,7,8)/b;2-1+/t15-,16-,17-,18-,20+;/m0./s1. The number of carboxylic acid groups (broad SMARTS) is 2. The Morgan fingerprint density at radius 1 is 1.19 bits per heavy atom. The van der Waals surface area contributed by atoms with Crippen molar-refractivity contribution >= 4 is 17.9 Å². The van der Waals surface area contributed by atoms with Crippen LogP contribution in [0.15, 0.2) is 23.8 Å². The van der Waals surface area contributed by atoms with Gasteiger partial charge in [-0.1, -0.05) is 18.1 Å². The van der Waals surface area contributed by atoms with Crippen molar-refractivity contribution in [1.29, 1.82) is 0 Å². The summed E-state index contributed by atoms with van der Waals surface area (Å²) in [5.41, 5.74) is 1.37. The minimum Gasteiger partial charge on any atom is -0.478 e. The molecule has 0 bridgehead atoms. The summed E-state index contributed by atoms with van der Waals surface area (Å²) in [5, 5.41) is 15.6. The number of rotatable bonds is 4. The largest absolute Gasteiger partial charge is 0.478 e. The van der Waals surface area contributed by atoms with E-state index in [1.165, 1.54) is 24.8 Å². The number of fused-ring (bicyclic) bond motifs is 3. The zero-order valence-electron chi connectivity index (χ0n) is 19.0. The third kappa shape index (κ3) is 6.42. The molecule has 178 valence electrons. The zero-order valence-corrected chi connectivity index (χ0v) is 19.0. The lowest BCUT2D eigenvalue weighted by atomic mass is 9.80. The summed E-state index contributed by atoms with van der Waals surface area (Å²) in [6, 6.07) is 0. The van der Waals surface area contributed by atoms with Crippen LogP contribution in [0.25, 0.3) is 0 Å². The number of hydrogen-bond acceptors (Lipinski definition) is 6. The molecule has 3 fully saturated rings. The number of hydrogen-bond donors (Lipinski definition) is 2. The van der Waals surface area contributed by atoms with Crippen LogP contribution < -0.4 is 0 Å². The summed E-state index contributed by atoms with van der Waals surface area (Å²) in [4.78, 5) is 34.2. The first-order valence-corrected chi connectivity index (χ1v) is 11.6. The number of esters is 1. The van der Waals surface area contributed by atoms with Gasteiger partial charge in [-0.05, 0) is 65.5 Å². The van der Waals surface area contributed by atoms with Crippen molar-refractivity contribution in [3.05, 3.63) is 23.8 Å². The molecule has 32 heavy (non-hydrogen) atoms. The number of likely N-dealkylation sites (tertiary alicyclic amines) is 1. The maximum Gasteiger partial charge on any atom is 0.328 e. The fourth-order valence-electron chi connectivity index (χ4n) is 5.11. The second-order valence-corrected chi connectivity index (χ2v) is 9.52. The van der Waals surface area contributed by atoms with Gasteiger partial charge in [-0.25, -0.2) is 9.59 Å². The highest BCUT2D eigenvalue weighted by molar-refractivity contribution is 5.89. The van der Waals surface area contributed by atoms with Crippen molar-refractivity contribution in [3.8, 4) is 0 Å². The highest BCUT2D eigenvalue weighted by atomic mass is 16.6. The first-order valence-electron chi connectivity index (χ1n) is 11.6. The Kier molecular flexibility index (Phi) is 8.11. The smallest absolute Gasteiger partial charge is 0.328 e. The van der Waals surface area contributed by atoms with E-state index in [9.17, 15) is 14.4 Å². The molecule has 3 heterocycles. The second kappa shape index (κ2) is 10.6. The van der Waals surface area contributed by atoms with E-state index in [4.69, 9.17) is 19.7 Å². The molecule has 0 aromatic heterocycles. The van der Waals surface area contributed by atoms with Gasteiger partial charge in [0.05, 0.1) is 11.5 Å². The van der Waals surface area contributed by atoms with E-state index in [-0.39, 0.29) is 29.7 Å². The highest BCUT2D eigenvalue weighted by Gasteiger charge is 2.62. The lowest BCUT2D eigenvalue weighted by Gasteiger charge is -2.30. The SMILES string of the molecule is CC1=CCC[C@@]2(C)O[C@H]2[C@H]2OC(=O)[C@@H](CN3CCCCC3)[C@@H]2CC1.O=C(O)/C=C/C(=O)O. The summed E-state index contributed by atoms with van der Waals surface area (Å²) >= 11 is 0. The number of aliphatic carboxylic acids is 2. The van der Waals surface area contributed by atoms with E-state index in [0.717, 1.165) is 45.3 Å². The minimum absolute atomic E-state index is 0.0225. The number of piperidine rings is 1. The van der Waals surface area contributed by atoms with Crippen molar-refractivity contribution in [1.82, 2.24) is 4.90 Å². The van der Waals surface area contributed by atoms with Gasteiger partial charge in [-0.3, -0.25) is 4.79 Å². The Hall–Kier alpha value is -2.19. The van der Waals surface area contributed by atoms with Crippen LogP contribution in [0.1, 0.15) is 58.8 Å². The summed E-state index contributed by atoms with van der Waals surface area (Å²) < 4.78 is 11.9. The number of allylic oxidation sites excluding steroid dienone is 2. The van der Waals surface area contributed by atoms with Crippen LogP contribution in [0.2, 0.25) is 0 Å². The maximum absolute atomic E-state index is 12.6. The molecule has 0 aromatic carbocycles. The second-order valence-electron chi connectivity index (χ2n) is 9.52. The molecule has 4 rings (SSSR count). The van der Waals surface area contributed by atoms with Gasteiger partial charge in [-0.2, -0.15) is 0 Å². The third-order valence-electron chi connectivity index (χ3n) is 7.01. The number of ether oxygens (including phenoxy) is 2. The summed E-state index contributed by atoms with van der Waals surface area (Å²) in [6.45, 7) is 7.56. The van der Waals surface area contributed by atoms with Crippen LogP contribution in [0.4, 0.5) is 0 Å². The first kappa shape index (κ1) is 24.5. The van der Waals surface area contributed by atoms with Gasteiger partial charge in [0.2, 0.25) is 0 Å². The van der Waals surface area contributed by atoms with Crippen LogP contribution >= 0.6 is 0 Å². The molecule has 4 aliphatic rings. The predicted octanol–water partition coefficient (Wildman–Crippen LogP) is 3.02. The maximum atomic E-state index is 12.6. The number of carboxylic acids is 2. The molecule has 0 unspecified atom stereocenters. The monoisotopic (exact) mass is 449 g/mol. The molecule has 5 atom stereocenters. The average Bonchev–Trinajstić information content (AvgIpc) is 3.32. The van der Waals surface area contributed by atoms with E-state index in [1.807, 2.05) is 0 Å². The Labute approximate surface area is 189 Å². The lowest BCUT2D eigenvalue weighted by molar-refractivity contribution is -0.145. The van der Waals surface area contributed by atoms with Crippen LogP contribution in [0.3, 0.4) is 0 Å². The molecule has 3 saturated heterocycles. The molecule has 3 aliphatic heterocycles.